The van der Waals surface area contributed by atoms with Crippen LogP contribution in [0.2, 0.25) is 0 Å². The molecule has 6 heteroatoms. The number of aliphatic hydroxyl groups is 2. The Hall–Kier alpha value is -0.980. The van der Waals surface area contributed by atoms with Crippen LogP contribution in [0.4, 0.5) is 0 Å². The smallest absolute Gasteiger partial charge is 0.303 e. The maximum absolute atomic E-state index is 12.4. The molecule has 3 atom stereocenters. The average molecular weight is 514 g/mol. The van der Waals surface area contributed by atoms with E-state index in [4.69, 9.17) is 5.11 Å². The molecule has 0 aliphatic carbocycles. The van der Waals surface area contributed by atoms with Crippen molar-refractivity contribution in [2.75, 3.05) is 13.1 Å². The van der Waals surface area contributed by atoms with E-state index >= 15 is 0 Å². The zero-order valence-electron chi connectivity index (χ0n) is 23.9. The quantitative estimate of drug-likeness (QED) is 0.103. The van der Waals surface area contributed by atoms with Gasteiger partial charge in [0.05, 0.1) is 18.2 Å². The van der Waals surface area contributed by atoms with Crippen molar-refractivity contribution < 1.29 is 24.9 Å². The minimum atomic E-state index is -0.930. The summed E-state index contributed by atoms with van der Waals surface area (Å²) in [7, 11) is 0. The van der Waals surface area contributed by atoms with Crippen molar-refractivity contribution in [1.29, 1.82) is 0 Å². The van der Waals surface area contributed by atoms with Gasteiger partial charge in [-0.25, -0.2) is 0 Å². The van der Waals surface area contributed by atoms with E-state index < -0.39 is 24.2 Å². The third kappa shape index (κ3) is 21.1. The van der Waals surface area contributed by atoms with E-state index in [0.717, 1.165) is 25.7 Å². The molecule has 0 rings (SSSR count). The molecule has 6 nitrogen and oxygen atoms in total. The van der Waals surface area contributed by atoms with Crippen LogP contribution in [0, 0.1) is 0 Å². The first-order valence-electron chi connectivity index (χ1n) is 15.1. The summed E-state index contributed by atoms with van der Waals surface area (Å²) >= 11 is 0. The number of Topliss-reactive ketones (excluding diaryl/α,β-unsaturated/α-hetero) is 1. The first-order valence-corrected chi connectivity index (χ1v) is 15.1. The molecule has 214 valence electrons. The average Bonchev–Trinajstić information content (AvgIpc) is 2.82. The highest BCUT2D eigenvalue weighted by Crippen LogP contribution is 2.17. The lowest BCUT2D eigenvalue weighted by Crippen LogP contribution is -2.47. The number of hydrogen-bond acceptors (Lipinski definition) is 5. The molecule has 0 radical (unpaired) electrons. The highest BCUT2D eigenvalue weighted by molar-refractivity contribution is 5.82. The van der Waals surface area contributed by atoms with E-state index in [2.05, 4.69) is 13.8 Å². The summed E-state index contributed by atoms with van der Waals surface area (Å²) in [5.74, 6) is -1.03. The molecule has 0 aliphatic heterocycles. The number of ketones is 1. The summed E-state index contributed by atoms with van der Waals surface area (Å²) in [5.41, 5.74) is 0. The molecule has 0 spiro atoms. The van der Waals surface area contributed by atoms with Gasteiger partial charge in [-0.3, -0.25) is 14.5 Å². The summed E-state index contributed by atoms with van der Waals surface area (Å²) < 4.78 is 0. The van der Waals surface area contributed by atoms with Crippen molar-refractivity contribution in [2.45, 2.75) is 167 Å². The van der Waals surface area contributed by atoms with Gasteiger partial charge < -0.3 is 15.3 Å². The maximum atomic E-state index is 12.4. The molecule has 0 saturated carbocycles. The van der Waals surface area contributed by atoms with Gasteiger partial charge >= 0.3 is 5.97 Å². The molecular formula is C30H59NO5. The van der Waals surface area contributed by atoms with Crippen LogP contribution in [-0.4, -0.2) is 63.3 Å². The van der Waals surface area contributed by atoms with Crippen LogP contribution in [0.1, 0.15) is 149 Å². The second-order valence-electron chi connectivity index (χ2n) is 10.8. The molecule has 0 heterocycles. The Labute approximate surface area is 222 Å². The third-order valence-electron chi connectivity index (χ3n) is 7.21. The number of unbranched alkanes of at least 4 members (excludes halogenated alkanes) is 14. The third-order valence-corrected chi connectivity index (χ3v) is 7.21. The number of carboxylic acid groups (broad SMARTS) is 1. The van der Waals surface area contributed by atoms with E-state index in [9.17, 15) is 19.8 Å². The van der Waals surface area contributed by atoms with Gasteiger partial charge in [-0.2, -0.15) is 0 Å². The van der Waals surface area contributed by atoms with Crippen LogP contribution in [0.25, 0.3) is 0 Å². The van der Waals surface area contributed by atoms with E-state index in [-0.39, 0.29) is 18.6 Å². The molecule has 0 saturated heterocycles. The van der Waals surface area contributed by atoms with Gasteiger partial charge in [-0.1, -0.05) is 117 Å². The predicted octanol–water partition coefficient (Wildman–Crippen LogP) is 6.89. The molecule has 0 aliphatic rings. The molecule has 36 heavy (non-hydrogen) atoms. The first-order chi connectivity index (χ1) is 17.3. The van der Waals surface area contributed by atoms with Crippen molar-refractivity contribution in [1.82, 2.24) is 4.90 Å². The minimum absolute atomic E-state index is 0.0942. The zero-order valence-corrected chi connectivity index (χ0v) is 23.9. The molecule has 0 aromatic rings. The van der Waals surface area contributed by atoms with Crippen LogP contribution in [-0.2, 0) is 9.59 Å². The van der Waals surface area contributed by atoms with Gasteiger partial charge in [0.25, 0.3) is 0 Å². The fourth-order valence-electron chi connectivity index (χ4n) is 4.98. The molecule has 3 unspecified atom stereocenters. The Morgan fingerprint density at radius 2 is 0.972 bits per heavy atom. The second kappa shape index (κ2) is 24.4. The van der Waals surface area contributed by atoms with Gasteiger partial charge in [-0.05, 0) is 26.2 Å². The highest BCUT2D eigenvalue weighted by atomic mass is 16.4. The summed E-state index contributed by atoms with van der Waals surface area (Å²) in [6, 6.07) is -0.581. The lowest BCUT2D eigenvalue weighted by molar-refractivity contribution is -0.137. The molecule has 3 N–H and O–H groups in total. The molecule has 0 aromatic heterocycles. The summed E-state index contributed by atoms with van der Waals surface area (Å²) in [6.45, 7) is 6.52. The maximum Gasteiger partial charge on any atom is 0.303 e. The summed E-state index contributed by atoms with van der Waals surface area (Å²) in [5, 5.41) is 30.5. The van der Waals surface area contributed by atoms with E-state index in [1.54, 1.807) is 0 Å². The molecule has 0 fully saturated rings. The number of rotatable bonds is 27. The molecule has 0 bridgehead atoms. The Bertz CT molecular complexity index is 499. The molecular weight excluding hydrogens is 454 g/mol. The van der Waals surface area contributed by atoms with Crippen LogP contribution in [0.3, 0.4) is 0 Å². The van der Waals surface area contributed by atoms with Crippen LogP contribution >= 0.6 is 0 Å². The van der Waals surface area contributed by atoms with Crippen LogP contribution < -0.4 is 0 Å². The predicted molar refractivity (Wildman–Crippen MR) is 149 cm³/mol. The standard InChI is InChI=1S/C30H59NO5/c1-4-6-8-10-12-14-16-18-20-27(33)24-31(29(26(3)32)22-23-30(35)36)25-28(34)21-19-17-15-13-11-9-7-5-2/h27-29,33-34H,4-25H2,1-3H3,(H,35,36). The Morgan fingerprint density at radius 3 is 1.31 bits per heavy atom. The van der Waals surface area contributed by atoms with Gasteiger partial charge in [0.15, 0.2) is 0 Å². The number of carbonyl (C=O) groups excluding carboxylic acids is 1. The number of aliphatic carboxylic acids is 1. The van der Waals surface area contributed by atoms with Crippen molar-refractivity contribution >= 4 is 11.8 Å². The summed E-state index contributed by atoms with van der Waals surface area (Å²) in [4.78, 5) is 25.4. The number of carbonyl (C=O) groups is 2. The van der Waals surface area contributed by atoms with Gasteiger partial charge in [-0.15, -0.1) is 0 Å². The Kier molecular flexibility index (Phi) is 23.7. The van der Waals surface area contributed by atoms with Crippen molar-refractivity contribution in [3.8, 4) is 0 Å². The first kappa shape index (κ1) is 35.0. The minimum Gasteiger partial charge on any atom is -0.481 e. The molecule has 0 aromatic carbocycles. The Balaban J connectivity index is 4.59. The second-order valence-corrected chi connectivity index (χ2v) is 10.8. The van der Waals surface area contributed by atoms with Gasteiger partial charge in [0.1, 0.15) is 5.78 Å². The Morgan fingerprint density at radius 1 is 0.611 bits per heavy atom. The topological polar surface area (TPSA) is 98.1 Å². The number of nitrogens with zero attached hydrogens (tertiary/aromatic N) is 1. The van der Waals surface area contributed by atoms with Crippen molar-refractivity contribution in [3.05, 3.63) is 0 Å². The van der Waals surface area contributed by atoms with Crippen molar-refractivity contribution in [3.63, 3.8) is 0 Å². The fourth-order valence-corrected chi connectivity index (χ4v) is 4.98. The normalized spacial score (nSPS) is 14.2. The number of aliphatic hydroxyl groups excluding tert-OH is 2. The van der Waals surface area contributed by atoms with Gasteiger partial charge in [0.2, 0.25) is 0 Å². The summed E-state index contributed by atoms with van der Waals surface area (Å²) in [6.07, 6.45) is 19.5. The highest BCUT2D eigenvalue weighted by Gasteiger charge is 2.27. The van der Waals surface area contributed by atoms with Crippen LogP contribution in [0.15, 0.2) is 0 Å². The largest absolute Gasteiger partial charge is 0.481 e. The van der Waals surface area contributed by atoms with E-state index in [1.165, 1.54) is 84.0 Å². The number of hydrogen-bond donors (Lipinski definition) is 3. The van der Waals surface area contributed by atoms with Gasteiger partial charge in [0, 0.05) is 19.5 Å². The van der Waals surface area contributed by atoms with Crippen LogP contribution in [0.5, 0.6) is 0 Å². The fraction of sp³-hybridized carbons (Fsp3) is 0.933. The lowest BCUT2D eigenvalue weighted by Gasteiger charge is -2.33. The monoisotopic (exact) mass is 513 g/mol. The SMILES string of the molecule is CCCCCCCCCCC(O)CN(CC(O)CCCCCCCCCC)C(CCC(=O)O)C(C)=O. The number of carboxylic acids is 1. The molecule has 0 amide bonds. The van der Waals surface area contributed by atoms with Crippen molar-refractivity contribution in [2.24, 2.45) is 0 Å². The lowest BCUT2D eigenvalue weighted by atomic mass is 10.0. The zero-order chi connectivity index (χ0) is 27.0. The van der Waals surface area contributed by atoms with E-state index in [1.807, 2.05) is 4.90 Å². The van der Waals surface area contributed by atoms with E-state index in [0.29, 0.717) is 25.9 Å².